The summed E-state index contributed by atoms with van der Waals surface area (Å²) in [5.74, 6) is -2.93. The predicted octanol–water partition coefficient (Wildman–Crippen LogP) is 1.82. The van der Waals surface area contributed by atoms with E-state index < -0.39 is 23.6 Å². The van der Waals surface area contributed by atoms with Gasteiger partial charge in [-0.05, 0) is 43.7 Å². The average Bonchev–Trinajstić information content (AvgIpc) is 3.28. The van der Waals surface area contributed by atoms with E-state index in [1.807, 2.05) is 12.2 Å². The van der Waals surface area contributed by atoms with Crippen LogP contribution in [0.4, 0.5) is 8.78 Å². The maximum Gasteiger partial charge on any atom is 0.240 e. The van der Waals surface area contributed by atoms with E-state index in [2.05, 4.69) is 5.32 Å². The summed E-state index contributed by atoms with van der Waals surface area (Å²) in [6, 6.07) is 3.06. The minimum atomic E-state index is -0.670. The van der Waals surface area contributed by atoms with Crippen LogP contribution < -0.4 is 5.32 Å². The van der Waals surface area contributed by atoms with Crippen LogP contribution in [-0.4, -0.2) is 35.2 Å². The Hall–Kier alpha value is -2.57. The zero-order chi connectivity index (χ0) is 19.3. The normalized spacial score (nSPS) is 29.4. The summed E-state index contributed by atoms with van der Waals surface area (Å²) in [5.41, 5.74) is -0.101. The fraction of sp³-hybridized carbons (Fsp3) is 0.450. The molecule has 2 fully saturated rings. The van der Waals surface area contributed by atoms with Crippen molar-refractivity contribution in [3.63, 3.8) is 0 Å². The van der Waals surface area contributed by atoms with Gasteiger partial charge >= 0.3 is 0 Å². The lowest BCUT2D eigenvalue weighted by Gasteiger charge is -2.19. The van der Waals surface area contributed by atoms with Crippen molar-refractivity contribution in [3.8, 4) is 0 Å². The summed E-state index contributed by atoms with van der Waals surface area (Å²) in [4.78, 5) is 38.5. The number of nitrogens with one attached hydrogen (secondary N) is 1. The standard InChI is InChI=1S/C20H20F2N2O3/c1-10(7-13-14(21)3-2-4-15(13)22)23-16(25)9-24-19(26)17-11-5-6-12(8-11)18(17)20(24)27/h2-6,10-12,17-18H,7-9H2,1H3,(H,23,25)/t10-,11+,12+,17-,18+/m1/s1. The summed E-state index contributed by atoms with van der Waals surface area (Å²) in [7, 11) is 0. The highest BCUT2D eigenvalue weighted by atomic mass is 19.1. The third kappa shape index (κ3) is 2.95. The first-order valence-electron chi connectivity index (χ1n) is 9.12. The largest absolute Gasteiger partial charge is 0.352 e. The van der Waals surface area contributed by atoms with Crippen LogP contribution in [0.15, 0.2) is 30.4 Å². The maximum atomic E-state index is 13.7. The van der Waals surface area contributed by atoms with Crippen molar-refractivity contribution < 1.29 is 23.2 Å². The highest BCUT2D eigenvalue weighted by Gasteiger charge is 2.59. The van der Waals surface area contributed by atoms with Gasteiger partial charge in [0.1, 0.15) is 18.2 Å². The average molecular weight is 374 g/mol. The minimum absolute atomic E-state index is 0.0224. The first kappa shape index (κ1) is 17.8. The van der Waals surface area contributed by atoms with E-state index >= 15 is 0 Å². The molecule has 0 unspecified atom stereocenters. The van der Waals surface area contributed by atoms with Gasteiger partial charge in [0.05, 0.1) is 11.8 Å². The van der Waals surface area contributed by atoms with Gasteiger partial charge in [-0.3, -0.25) is 19.3 Å². The van der Waals surface area contributed by atoms with E-state index in [1.165, 1.54) is 6.07 Å². The number of amides is 3. The van der Waals surface area contributed by atoms with Crippen LogP contribution in [0.5, 0.6) is 0 Å². The van der Waals surface area contributed by atoms with Crippen LogP contribution in [0.2, 0.25) is 0 Å². The molecule has 0 aromatic heterocycles. The molecule has 3 amide bonds. The molecule has 1 saturated heterocycles. The first-order chi connectivity index (χ1) is 12.9. The van der Waals surface area contributed by atoms with Crippen molar-refractivity contribution in [3.05, 3.63) is 47.5 Å². The molecule has 1 N–H and O–H groups in total. The number of rotatable bonds is 5. The molecule has 2 aliphatic carbocycles. The molecule has 7 heteroatoms. The SMILES string of the molecule is C[C@H](Cc1c(F)cccc1F)NC(=O)CN1C(=O)[C@@H]2[C@H](C1=O)[C@H]1C=C[C@H]2C1. The van der Waals surface area contributed by atoms with Crippen molar-refractivity contribution in [2.45, 2.75) is 25.8 Å². The molecule has 5 nitrogen and oxygen atoms in total. The smallest absolute Gasteiger partial charge is 0.240 e. The lowest BCUT2D eigenvalue weighted by Crippen LogP contribution is -2.44. The summed E-state index contributed by atoms with van der Waals surface area (Å²) in [6.07, 6.45) is 4.79. The Morgan fingerprint density at radius 1 is 1.15 bits per heavy atom. The molecule has 1 saturated carbocycles. The molecular formula is C20H20F2N2O3. The highest BCUT2D eigenvalue weighted by Crippen LogP contribution is 2.52. The summed E-state index contributed by atoms with van der Waals surface area (Å²) in [6.45, 7) is 1.27. The van der Waals surface area contributed by atoms with E-state index in [4.69, 9.17) is 0 Å². The second kappa shape index (κ2) is 6.55. The predicted molar refractivity (Wildman–Crippen MR) is 92.1 cm³/mol. The Morgan fingerprint density at radius 2 is 1.70 bits per heavy atom. The molecular weight excluding hydrogens is 354 g/mol. The van der Waals surface area contributed by atoms with Crippen LogP contribution in [0.3, 0.4) is 0 Å². The monoisotopic (exact) mass is 374 g/mol. The second-order valence-electron chi connectivity index (χ2n) is 7.64. The molecule has 4 rings (SSSR count). The number of benzene rings is 1. The fourth-order valence-electron chi connectivity index (χ4n) is 4.67. The maximum absolute atomic E-state index is 13.7. The number of fused-ring (bicyclic) bond motifs is 5. The van der Waals surface area contributed by atoms with Gasteiger partial charge in [-0.1, -0.05) is 18.2 Å². The van der Waals surface area contributed by atoms with E-state index in [1.54, 1.807) is 6.92 Å². The van der Waals surface area contributed by atoms with Crippen LogP contribution in [-0.2, 0) is 20.8 Å². The minimum Gasteiger partial charge on any atom is -0.352 e. The molecule has 142 valence electrons. The Bertz CT molecular complexity index is 803. The molecule has 0 spiro atoms. The van der Waals surface area contributed by atoms with Crippen molar-refractivity contribution in [2.75, 3.05) is 6.54 Å². The Kier molecular flexibility index (Phi) is 4.32. The second-order valence-corrected chi connectivity index (χ2v) is 7.64. The number of hydrogen-bond donors (Lipinski definition) is 1. The summed E-state index contributed by atoms with van der Waals surface area (Å²) >= 11 is 0. The zero-order valence-corrected chi connectivity index (χ0v) is 14.8. The Labute approximate surface area is 155 Å². The molecule has 2 bridgehead atoms. The number of hydrogen-bond acceptors (Lipinski definition) is 3. The van der Waals surface area contributed by atoms with E-state index in [0.717, 1.165) is 23.5 Å². The molecule has 27 heavy (non-hydrogen) atoms. The quantitative estimate of drug-likeness (QED) is 0.632. The number of likely N-dealkylation sites (tertiary alicyclic amines) is 1. The first-order valence-corrected chi connectivity index (χ1v) is 9.12. The van der Waals surface area contributed by atoms with Crippen LogP contribution >= 0.6 is 0 Å². The number of nitrogens with zero attached hydrogens (tertiary/aromatic N) is 1. The van der Waals surface area contributed by atoms with Gasteiger partial charge in [0.25, 0.3) is 0 Å². The summed E-state index contributed by atoms with van der Waals surface area (Å²) in [5, 5.41) is 2.62. The molecule has 5 atom stereocenters. The van der Waals surface area contributed by atoms with Crippen molar-refractivity contribution in [2.24, 2.45) is 23.7 Å². The number of carbonyl (C=O) groups is 3. The van der Waals surface area contributed by atoms with E-state index in [9.17, 15) is 23.2 Å². The molecule has 0 radical (unpaired) electrons. The number of carbonyl (C=O) groups excluding carboxylic acids is 3. The van der Waals surface area contributed by atoms with Gasteiger partial charge in [0, 0.05) is 11.6 Å². The fourth-order valence-corrected chi connectivity index (χ4v) is 4.67. The topological polar surface area (TPSA) is 66.5 Å². The van der Waals surface area contributed by atoms with Gasteiger partial charge in [-0.2, -0.15) is 0 Å². The van der Waals surface area contributed by atoms with Gasteiger partial charge in [0.15, 0.2) is 0 Å². The van der Waals surface area contributed by atoms with Gasteiger partial charge < -0.3 is 5.32 Å². The molecule has 1 heterocycles. The van der Waals surface area contributed by atoms with E-state index in [-0.39, 0.29) is 54.0 Å². The Balaban J connectivity index is 1.37. The third-order valence-corrected chi connectivity index (χ3v) is 5.84. The van der Waals surface area contributed by atoms with Crippen LogP contribution in [0.25, 0.3) is 0 Å². The van der Waals surface area contributed by atoms with Gasteiger partial charge in [-0.15, -0.1) is 0 Å². The molecule has 1 aromatic carbocycles. The number of allylic oxidation sites excluding steroid dienone is 2. The van der Waals surface area contributed by atoms with Crippen molar-refractivity contribution in [1.29, 1.82) is 0 Å². The van der Waals surface area contributed by atoms with Gasteiger partial charge in [0.2, 0.25) is 17.7 Å². The molecule has 1 aliphatic heterocycles. The third-order valence-electron chi connectivity index (χ3n) is 5.84. The van der Waals surface area contributed by atoms with Crippen molar-refractivity contribution in [1.82, 2.24) is 10.2 Å². The lowest BCUT2D eigenvalue weighted by molar-refractivity contribution is -0.144. The molecule has 1 aromatic rings. The van der Waals surface area contributed by atoms with Crippen LogP contribution in [0, 0.1) is 35.3 Å². The highest BCUT2D eigenvalue weighted by molar-refractivity contribution is 6.08. The van der Waals surface area contributed by atoms with Crippen molar-refractivity contribution >= 4 is 17.7 Å². The zero-order valence-electron chi connectivity index (χ0n) is 14.8. The number of imide groups is 1. The van der Waals surface area contributed by atoms with E-state index in [0.29, 0.717) is 0 Å². The summed E-state index contributed by atoms with van der Waals surface area (Å²) < 4.78 is 27.5. The van der Waals surface area contributed by atoms with Gasteiger partial charge in [-0.25, -0.2) is 8.78 Å². The number of halogens is 2. The molecule has 3 aliphatic rings. The Morgan fingerprint density at radius 3 is 2.26 bits per heavy atom. The lowest BCUT2D eigenvalue weighted by atomic mass is 9.85. The van der Waals surface area contributed by atoms with Crippen LogP contribution in [0.1, 0.15) is 18.9 Å².